The molecule has 1 fully saturated rings. The zero-order valence-electron chi connectivity index (χ0n) is 12.0. The summed E-state index contributed by atoms with van der Waals surface area (Å²) in [5, 5.41) is 4.10. The molecule has 1 aliphatic heterocycles. The number of aromatic nitrogens is 3. The highest BCUT2D eigenvalue weighted by atomic mass is 16.5. The van der Waals surface area contributed by atoms with Crippen molar-refractivity contribution >= 4 is 0 Å². The van der Waals surface area contributed by atoms with Crippen LogP contribution in [0, 0.1) is 0 Å². The minimum Gasteiger partial charge on any atom is -0.339 e. The second kappa shape index (κ2) is 5.71. The molecule has 0 saturated carbocycles. The van der Waals surface area contributed by atoms with E-state index in [0.29, 0.717) is 17.8 Å². The number of likely N-dealkylation sites (tertiary alicyclic amines) is 1. The van der Waals surface area contributed by atoms with E-state index in [-0.39, 0.29) is 0 Å². The Hall–Kier alpha value is -1.75. The lowest BCUT2D eigenvalue weighted by Gasteiger charge is -2.33. The van der Waals surface area contributed by atoms with Crippen LogP contribution < -0.4 is 0 Å². The summed E-state index contributed by atoms with van der Waals surface area (Å²) in [6.07, 6.45) is 5.80. The van der Waals surface area contributed by atoms with Crippen LogP contribution in [-0.2, 0) is 0 Å². The fourth-order valence-corrected chi connectivity index (χ4v) is 2.70. The standard InChI is InChI=1S/C15H20N4O/c1-11(2)19-9-3-4-13(10-19)15-17-14(18-20-15)12-5-7-16-8-6-12/h5-8,11,13H,3-4,9-10H2,1-2H3. The molecule has 5 heteroatoms. The topological polar surface area (TPSA) is 55.1 Å². The van der Waals surface area contributed by atoms with Crippen molar-refractivity contribution in [2.75, 3.05) is 13.1 Å². The van der Waals surface area contributed by atoms with Crippen molar-refractivity contribution in [3.8, 4) is 11.4 Å². The first-order valence-corrected chi connectivity index (χ1v) is 7.22. The van der Waals surface area contributed by atoms with Gasteiger partial charge in [-0.1, -0.05) is 5.16 Å². The van der Waals surface area contributed by atoms with Gasteiger partial charge in [0.05, 0.1) is 5.92 Å². The Bertz CT molecular complexity index is 552. The molecule has 1 saturated heterocycles. The SMILES string of the molecule is CC(C)N1CCCC(c2nc(-c3ccncc3)no2)C1. The van der Waals surface area contributed by atoms with Crippen LogP contribution in [0.2, 0.25) is 0 Å². The molecule has 1 atom stereocenters. The number of pyridine rings is 1. The maximum Gasteiger partial charge on any atom is 0.231 e. The van der Waals surface area contributed by atoms with Gasteiger partial charge in [0.25, 0.3) is 0 Å². The highest BCUT2D eigenvalue weighted by molar-refractivity contribution is 5.52. The van der Waals surface area contributed by atoms with E-state index in [1.807, 2.05) is 12.1 Å². The van der Waals surface area contributed by atoms with E-state index in [0.717, 1.165) is 24.4 Å². The van der Waals surface area contributed by atoms with Crippen LogP contribution in [0.1, 0.15) is 38.5 Å². The Labute approximate surface area is 119 Å². The van der Waals surface area contributed by atoms with E-state index in [9.17, 15) is 0 Å². The highest BCUT2D eigenvalue weighted by Gasteiger charge is 2.27. The van der Waals surface area contributed by atoms with Crippen LogP contribution in [0.25, 0.3) is 11.4 Å². The molecule has 20 heavy (non-hydrogen) atoms. The lowest BCUT2D eigenvalue weighted by atomic mass is 9.97. The molecule has 3 rings (SSSR count). The maximum absolute atomic E-state index is 5.48. The first kappa shape index (κ1) is 13.2. The number of hydrogen-bond acceptors (Lipinski definition) is 5. The van der Waals surface area contributed by atoms with E-state index in [4.69, 9.17) is 4.52 Å². The van der Waals surface area contributed by atoms with Gasteiger partial charge in [0, 0.05) is 30.5 Å². The van der Waals surface area contributed by atoms with E-state index >= 15 is 0 Å². The highest BCUT2D eigenvalue weighted by Crippen LogP contribution is 2.28. The molecule has 5 nitrogen and oxygen atoms in total. The molecule has 0 amide bonds. The average Bonchev–Trinajstić information content (AvgIpc) is 2.98. The van der Waals surface area contributed by atoms with Crippen molar-refractivity contribution < 1.29 is 4.52 Å². The third kappa shape index (κ3) is 2.72. The third-order valence-corrected chi connectivity index (χ3v) is 3.91. The lowest BCUT2D eigenvalue weighted by Crippen LogP contribution is -2.39. The van der Waals surface area contributed by atoms with E-state index in [1.165, 1.54) is 13.0 Å². The monoisotopic (exact) mass is 272 g/mol. The van der Waals surface area contributed by atoms with E-state index < -0.39 is 0 Å². The summed E-state index contributed by atoms with van der Waals surface area (Å²) in [4.78, 5) is 11.0. The number of nitrogens with zero attached hydrogens (tertiary/aromatic N) is 4. The van der Waals surface area contributed by atoms with Gasteiger partial charge >= 0.3 is 0 Å². The summed E-state index contributed by atoms with van der Waals surface area (Å²) in [6, 6.07) is 4.37. The fourth-order valence-electron chi connectivity index (χ4n) is 2.70. The molecule has 2 aromatic heterocycles. The molecule has 0 radical (unpaired) electrons. The fraction of sp³-hybridized carbons (Fsp3) is 0.533. The molecule has 3 heterocycles. The largest absolute Gasteiger partial charge is 0.339 e. The van der Waals surface area contributed by atoms with Crippen molar-refractivity contribution in [3.05, 3.63) is 30.4 Å². The molecule has 0 bridgehead atoms. The van der Waals surface area contributed by atoms with E-state index in [2.05, 4.69) is 33.9 Å². The predicted molar refractivity (Wildman–Crippen MR) is 76.2 cm³/mol. The molecule has 2 aromatic rings. The molecule has 0 spiro atoms. The third-order valence-electron chi connectivity index (χ3n) is 3.91. The van der Waals surface area contributed by atoms with Gasteiger partial charge in [0.15, 0.2) is 0 Å². The zero-order chi connectivity index (χ0) is 13.9. The van der Waals surface area contributed by atoms with Crippen LogP contribution in [0.4, 0.5) is 0 Å². The Morgan fingerprint density at radius 2 is 2.10 bits per heavy atom. The van der Waals surface area contributed by atoms with Crippen molar-refractivity contribution in [1.29, 1.82) is 0 Å². The molecule has 0 N–H and O–H groups in total. The summed E-state index contributed by atoms with van der Waals surface area (Å²) in [6.45, 7) is 6.65. The van der Waals surface area contributed by atoms with Crippen molar-refractivity contribution in [2.45, 2.75) is 38.6 Å². The quantitative estimate of drug-likeness (QED) is 0.860. The second-order valence-electron chi connectivity index (χ2n) is 5.62. The smallest absolute Gasteiger partial charge is 0.231 e. The maximum atomic E-state index is 5.48. The van der Waals surface area contributed by atoms with Crippen LogP contribution in [0.5, 0.6) is 0 Å². The minimum absolute atomic E-state index is 0.356. The number of rotatable bonds is 3. The Kier molecular flexibility index (Phi) is 3.78. The van der Waals surface area contributed by atoms with Gasteiger partial charge in [0.1, 0.15) is 0 Å². The number of hydrogen-bond donors (Lipinski definition) is 0. The first-order chi connectivity index (χ1) is 9.74. The lowest BCUT2D eigenvalue weighted by molar-refractivity contribution is 0.153. The molecule has 0 aliphatic carbocycles. The summed E-state index contributed by atoms with van der Waals surface area (Å²) in [5.74, 6) is 1.78. The molecule has 0 aromatic carbocycles. The summed E-state index contributed by atoms with van der Waals surface area (Å²) in [5.41, 5.74) is 0.950. The van der Waals surface area contributed by atoms with Gasteiger partial charge < -0.3 is 9.42 Å². The molecule has 106 valence electrons. The van der Waals surface area contributed by atoms with Crippen molar-refractivity contribution in [1.82, 2.24) is 20.0 Å². The Morgan fingerprint density at radius 1 is 1.30 bits per heavy atom. The summed E-state index contributed by atoms with van der Waals surface area (Å²) in [7, 11) is 0. The first-order valence-electron chi connectivity index (χ1n) is 7.22. The predicted octanol–water partition coefficient (Wildman–Crippen LogP) is 2.72. The minimum atomic E-state index is 0.356. The molecular formula is C15H20N4O. The summed E-state index contributed by atoms with van der Waals surface area (Å²) >= 11 is 0. The van der Waals surface area contributed by atoms with Crippen LogP contribution in [-0.4, -0.2) is 39.2 Å². The Balaban J connectivity index is 1.77. The number of piperidine rings is 1. The zero-order valence-corrected chi connectivity index (χ0v) is 12.0. The van der Waals surface area contributed by atoms with Gasteiger partial charge in [-0.25, -0.2) is 0 Å². The molecular weight excluding hydrogens is 252 g/mol. The van der Waals surface area contributed by atoms with E-state index in [1.54, 1.807) is 12.4 Å². The van der Waals surface area contributed by atoms with Gasteiger partial charge in [-0.15, -0.1) is 0 Å². The van der Waals surface area contributed by atoms with Crippen LogP contribution in [0.3, 0.4) is 0 Å². The van der Waals surface area contributed by atoms with Gasteiger partial charge in [-0.05, 0) is 45.4 Å². The van der Waals surface area contributed by atoms with Gasteiger partial charge in [0.2, 0.25) is 11.7 Å². The Morgan fingerprint density at radius 3 is 2.85 bits per heavy atom. The van der Waals surface area contributed by atoms with Crippen LogP contribution >= 0.6 is 0 Å². The normalized spacial score (nSPS) is 20.4. The van der Waals surface area contributed by atoms with Crippen LogP contribution in [0.15, 0.2) is 29.0 Å². The van der Waals surface area contributed by atoms with Crippen molar-refractivity contribution in [2.24, 2.45) is 0 Å². The van der Waals surface area contributed by atoms with Crippen molar-refractivity contribution in [3.63, 3.8) is 0 Å². The van der Waals surface area contributed by atoms with Gasteiger partial charge in [-0.2, -0.15) is 4.98 Å². The van der Waals surface area contributed by atoms with Gasteiger partial charge in [-0.3, -0.25) is 4.98 Å². The summed E-state index contributed by atoms with van der Waals surface area (Å²) < 4.78 is 5.48. The average molecular weight is 272 g/mol. The molecule has 1 aliphatic rings. The second-order valence-corrected chi connectivity index (χ2v) is 5.62. The molecule has 1 unspecified atom stereocenters.